The van der Waals surface area contributed by atoms with E-state index < -0.39 is 0 Å². The second-order valence-electron chi connectivity index (χ2n) is 2.41. The van der Waals surface area contributed by atoms with Crippen molar-refractivity contribution in [3.8, 4) is 0 Å². The molecule has 0 spiro atoms. The van der Waals surface area contributed by atoms with Gasteiger partial charge in [0.1, 0.15) is 0 Å². The Bertz CT molecular complexity index is 175. The van der Waals surface area contributed by atoms with Crippen LogP contribution in [0.4, 0.5) is 0 Å². The number of ether oxygens (including phenoxy) is 2. The smallest absolute Gasteiger partial charge is 0.308 e. The van der Waals surface area contributed by atoms with E-state index in [0.29, 0.717) is 13.2 Å². The molecule has 13 heavy (non-hydrogen) atoms. The molecule has 0 saturated heterocycles. The van der Waals surface area contributed by atoms with Crippen LogP contribution < -0.4 is 0 Å². The fourth-order valence-corrected chi connectivity index (χ4v) is 0.786. The number of carbonyl (C=O) groups excluding carboxylic acids is 1. The molecule has 0 radical (unpaired) electrons. The summed E-state index contributed by atoms with van der Waals surface area (Å²) in [7, 11) is 0. The second-order valence-corrected chi connectivity index (χ2v) is 2.41. The third-order valence-electron chi connectivity index (χ3n) is 1.36. The molecule has 0 aliphatic carbocycles. The molecule has 0 rings (SSSR count). The van der Waals surface area contributed by atoms with Crippen LogP contribution in [0.5, 0.6) is 0 Å². The van der Waals surface area contributed by atoms with E-state index in [1.54, 1.807) is 19.1 Å². The van der Waals surface area contributed by atoms with Crippen LogP contribution in [0.3, 0.4) is 0 Å². The van der Waals surface area contributed by atoms with Crippen LogP contribution in [-0.4, -0.2) is 25.3 Å². The van der Waals surface area contributed by atoms with Crippen molar-refractivity contribution in [3.05, 3.63) is 25.3 Å². The lowest BCUT2D eigenvalue weighted by atomic mass is 10.2. The highest BCUT2D eigenvalue weighted by Crippen LogP contribution is 2.01. The zero-order valence-corrected chi connectivity index (χ0v) is 7.99. The molecule has 0 N–H and O–H groups in total. The molecule has 0 unspecified atom stereocenters. The van der Waals surface area contributed by atoms with Gasteiger partial charge in [-0.05, 0) is 6.92 Å². The molecule has 0 aromatic carbocycles. The first kappa shape index (κ1) is 11.9. The first-order valence-corrected chi connectivity index (χ1v) is 4.25. The third-order valence-corrected chi connectivity index (χ3v) is 1.36. The van der Waals surface area contributed by atoms with Crippen LogP contribution in [0.1, 0.15) is 13.3 Å². The lowest BCUT2D eigenvalue weighted by Crippen LogP contribution is -2.17. The zero-order chi connectivity index (χ0) is 10.1. The number of carbonyl (C=O) groups is 1. The van der Waals surface area contributed by atoms with E-state index in [1.807, 2.05) is 0 Å². The van der Waals surface area contributed by atoms with Crippen LogP contribution in [-0.2, 0) is 14.3 Å². The van der Waals surface area contributed by atoms with Gasteiger partial charge >= 0.3 is 5.97 Å². The summed E-state index contributed by atoms with van der Waals surface area (Å²) < 4.78 is 9.98. The molecule has 0 bridgehead atoms. The van der Waals surface area contributed by atoms with Gasteiger partial charge in [0.2, 0.25) is 0 Å². The highest BCUT2D eigenvalue weighted by Gasteiger charge is 2.10. The summed E-state index contributed by atoms with van der Waals surface area (Å²) in [5.74, 6) is -0.267. The summed E-state index contributed by atoms with van der Waals surface area (Å²) in [4.78, 5) is 11.0. The normalized spacial score (nSPS) is 11.8. The van der Waals surface area contributed by atoms with Gasteiger partial charge in [-0.3, -0.25) is 4.79 Å². The molecule has 0 aromatic heterocycles. The third kappa shape index (κ3) is 6.11. The molecule has 3 heteroatoms. The van der Waals surface area contributed by atoms with Gasteiger partial charge in [-0.15, -0.1) is 13.2 Å². The van der Waals surface area contributed by atoms with Gasteiger partial charge in [0, 0.05) is 0 Å². The molecule has 0 saturated carbocycles. The zero-order valence-electron chi connectivity index (χ0n) is 7.99. The van der Waals surface area contributed by atoms with E-state index >= 15 is 0 Å². The van der Waals surface area contributed by atoms with Crippen molar-refractivity contribution in [2.24, 2.45) is 0 Å². The SMILES string of the molecule is C=CCO[C@H](C=C)CC(=O)OCC. The number of hydrogen-bond donors (Lipinski definition) is 0. The Balaban J connectivity index is 3.75. The van der Waals surface area contributed by atoms with Crippen LogP contribution in [0, 0.1) is 0 Å². The average molecular weight is 184 g/mol. The first-order chi connectivity index (χ1) is 6.24. The minimum absolute atomic E-state index is 0.213. The maximum Gasteiger partial charge on any atom is 0.308 e. The van der Waals surface area contributed by atoms with Crippen LogP contribution in [0.25, 0.3) is 0 Å². The van der Waals surface area contributed by atoms with E-state index in [1.165, 1.54) is 0 Å². The molecule has 3 nitrogen and oxygen atoms in total. The Morgan fingerprint density at radius 3 is 2.69 bits per heavy atom. The minimum Gasteiger partial charge on any atom is -0.466 e. The van der Waals surface area contributed by atoms with E-state index in [-0.39, 0.29) is 18.5 Å². The molecular weight excluding hydrogens is 168 g/mol. The summed E-state index contributed by atoms with van der Waals surface area (Å²) in [5.41, 5.74) is 0. The largest absolute Gasteiger partial charge is 0.466 e. The van der Waals surface area contributed by atoms with E-state index in [0.717, 1.165) is 0 Å². The summed E-state index contributed by atoms with van der Waals surface area (Å²) in [5, 5.41) is 0. The van der Waals surface area contributed by atoms with E-state index in [9.17, 15) is 4.79 Å². The lowest BCUT2D eigenvalue weighted by Gasteiger charge is -2.11. The molecule has 74 valence electrons. The maximum atomic E-state index is 11.0. The van der Waals surface area contributed by atoms with E-state index in [4.69, 9.17) is 9.47 Å². The Morgan fingerprint density at radius 1 is 1.54 bits per heavy atom. The molecular formula is C10H16O3. The predicted molar refractivity (Wildman–Crippen MR) is 51.4 cm³/mol. The van der Waals surface area contributed by atoms with Gasteiger partial charge in [-0.25, -0.2) is 0 Å². The van der Waals surface area contributed by atoms with Crippen molar-refractivity contribution in [2.75, 3.05) is 13.2 Å². The van der Waals surface area contributed by atoms with Gasteiger partial charge in [0.15, 0.2) is 0 Å². The van der Waals surface area contributed by atoms with Crippen LogP contribution in [0.15, 0.2) is 25.3 Å². The Morgan fingerprint density at radius 2 is 2.23 bits per heavy atom. The topological polar surface area (TPSA) is 35.5 Å². The Kier molecular flexibility index (Phi) is 6.92. The van der Waals surface area contributed by atoms with Crippen LogP contribution >= 0.6 is 0 Å². The van der Waals surface area contributed by atoms with Gasteiger partial charge in [-0.1, -0.05) is 12.2 Å². The average Bonchev–Trinajstić information content (AvgIpc) is 2.12. The second kappa shape index (κ2) is 7.55. The minimum atomic E-state index is -0.281. The van der Waals surface area contributed by atoms with Gasteiger partial charge in [-0.2, -0.15) is 0 Å². The molecule has 0 aliphatic rings. The molecule has 0 aliphatic heterocycles. The van der Waals surface area contributed by atoms with Crippen molar-refractivity contribution in [3.63, 3.8) is 0 Å². The summed E-state index contributed by atoms with van der Waals surface area (Å²) in [6.45, 7) is 9.64. The summed E-state index contributed by atoms with van der Waals surface area (Å²) >= 11 is 0. The quantitative estimate of drug-likeness (QED) is 0.446. The fourth-order valence-electron chi connectivity index (χ4n) is 0.786. The summed E-state index contributed by atoms with van der Waals surface area (Å²) in [6.07, 6.45) is 3.14. The standard InChI is InChI=1S/C10H16O3/c1-4-7-13-9(5-2)8-10(11)12-6-3/h4-5,9H,1-2,6-8H2,3H3/t9-/m1/s1. The van der Waals surface area contributed by atoms with Crippen molar-refractivity contribution in [1.29, 1.82) is 0 Å². The molecule has 0 aromatic rings. The highest BCUT2D eigenvalue weighted by atomic mass is 16.5. The van der Waals surface area contributed by atoms with Gasteiger partial charge in [0.25, 0.3) is 0 Å². The van der Waals surface area contributed by atoms with Crippen molar-refractivity contribution < 1.29 is 14.3 Å². The number of rotatable bonds is 7. The molecule has 1 atom stereocenters. The monoisotopic (exact) mass is 184 g/mol. The van der Waals surface area contributed by atoms with Crippen LogP contribution in [0.2, 0.25) is 0 Å². The first-order valence-electron chi connectivity index (χ1n) is 4.25. The lowest BCUT2D eigenvalue weighted by molar-refractivity contribution is -0.145. The predicted octanol–water partition coefficient (Wildman–Crippen LogP) is 1.70. The van der Waals surface area contributed by atoms with Crippen molar-refractivity contribution >= 4 is 5.97 Å². The molecule has 0 heterocycles. The number of hydrogen-bond acceptors (Lipinski definition) is 3. The van der Waals surface area contributed by atoms with Crippen molar-refractivity contribution in [2.45, 2.75) is 19.4 Å². The molecule has 0 amide bonds. The number of esters is 1. The Hall–Kier alpha value is -1.09. The highest BCUT2D eigenvalue weighted by molar-refractivity contribution is 5.70. The van der Waals surface area contributed by atoms with Crippen molar-refractivity contribution in [1.82, 2.24) is 0 Å². The maximum absolute atomic E-state index is 11.0. The molecule has 0 fully saturated rings. The van der Waals surface area contributed by atoms with Gasteiger partial charge < -0.3 is 9.47 Å². The fraction of sp³-hybridized carbons (Fsp3) is 0.500. The summed E-state index contributed by atoms with van der Waals surface area (Å²) in [6, 6.07) is 0. The Labute approximate surface area is 79.0 Å². The van der Waals surface area contributed by atoms with E-state index in [2.05, 4.69) is 13.2 Å². The van der Waals surface area contributed by atoms with Gasteiger partial charge in [0.05, 0.1) is 25.7 Å².